The fraction of sp³-hybridized carbons (Fsp3) is 0.138. The topological polar surface area (TPSA) is 67.4 Å². The molecule has 3 aromatic carbocycles. The number of rotatable bonds is 4. The number of carbonyl (C=O) groups is 1. The molecule has 0 atom stereocenters. The van der Waals surface area contributed by atoms with Gasteiger partial charge in [0.1, 0.15) is 11.6 Å². The maximum Gasteiger partial charge on any atom is 0.256 e. The summed E-state index contributed by atoms with van der Waals surface area (Å²) in [5.41, 5.74) is 2.93. The van der Waals surface area contributed by atoms with E-state index in [4.69, 9.17) is 16.3 Å². The van der Waals surface area contributed by atoms with Crippen molar-refractivity contribution in [3.63, 3.8) is 0 Å². The van der Waals surface area contributed by atoms with E-state index in [0.29, 0.717) is 59.7 Å². The summed E-state index contributed by atoms with van der Waals surface area (Å²) in [4.78, 5) is 24.5. The summed E-state index contributed by atoms with van der Waals surface area (Å²) in [5, 5.41) is 4.15. The van der Waals surface area contributed by atoms with Gasteiger partial charge in [-0.15, -0.1) is 0 Å². The SMILES string of the molecule is O=C(Nc1cnc2c(-c3cccc(F)c3Cl)c(F)ccc2c1N1CCOCC1)c1ccnc2ccccc12. The first-order valence-electron chi connectivity index (χ1n) is 12.1. The molecule has 0 unspecified atom stereocenters. The van der Waals surface area contributed by atoms with Crippen molar-refractivity contribution in [2.75, 3.05) is 36.5 Å². The Kier molecular flexibility index (Phi) is 6.35. The molecular weight excluding hydrogens is 510 g/mol. The molecule has 1 amide bonds. The number of morpholine rings is 1. The van der Waals surface area contributed by atoms with Crippen LogP contribution >= 0.6 is 11.6 Å². The minimum Gasteiger partial charge on any atom is -0.378 e. The van der Waals surface area contributed by atoms with E-state index in [1.165, 1.54) is 24.4 Å². The van der Waals surface area contributed by atoms with Gasteiger partial charge in [0.2, 0.25) is 0 Å². The molecule has 1 aliphatic heterocycles. The number of fused-ring (bicyclic) bond motifs is 2. The molecule has 6 nitrogen and oxygen atoms in total. The average Bonchev–Trinajstić information content (AvgIpc) is 2.95. The van der Waals surface area contributed by atoms with Crippen molar-refractivity contribution >= 4 is 50.7 Å². The van der Waals surface area contributed by atoms with Gasteiger partial charge in [-0.3, -0.25) is 14.8 Å². The standard InChI is InChI=1S/C29H21ClF2N4O2/c30-26-19(5-3-6-22(26)32)25-21(31)9-8-20-27(25)34-16-24(28(20)36-12-14-38-15-13-36)35-29(37)18-10-11-33-23-7-2-1-4-17(18)23/h1-11,16H,12-15H2,(H,35,37). The number of benzene rings is 3. The molecule has 1 fully saturated rings. The van der Waals surface area contributed by atoms with Gasteiger partial charge < -0.3 is 15.0 Å². The normalized spacial score (nSPS) is 13.7. The molecule has 6 rings (SSSR count). The van der Waals surface area contributed by atoms with Crippen LogP contribution in [0.15, 0.2) is 73.1 Å². The number of halogens is 3. The summed E-state index contributed by atoms with van der Waals surface area (Å²) < 4.78 is 35.1. The van der Waals surface area contributed by atoms with Gasteiger partial charge in [0.25, 0.3) is 5.91 Å². The predicted octanol–water partition coefficient (Wildman–Crippen LogP) is 6.47. The molecule has 3 heterocycles. The van der Waals surface area contributed by atoms with Crippen molar-refractivity contribution in [1.29, 1.82) is 0 Å². The van der Waals surface area contributed by atoms with Crippen molar-refractivity contribution in [3.05, 3.63) is 95.3 Å². The van der Waals surface area contributed by atoms with Crippen LogP contribution < -0.4 is 10.2 Å². The molecule has 0 saturated carbocycles. The van der Waals surface area contributed by atoms with Crippen LogP contribution in [0.5, 0.6) is 0 Å². The molecule has 0 bridgehead atoms. The van der Waals surface area contributed by atoms with E-state index in [9.17, 15) is 9.18 Å². The van der Waals surface area contributed by atoms with E-state index in [1.807, 2.05) is 24.3 Å². The summed E-state index contributed by atoms with van der Waals surface area (Å²) in [6, 6.07) is 16.3. The lowest BCUT2D eigenvalue weighted by molar-refractivity contribution is 0.102. The van der Waals surface area contributed by atoms with Crippen molar-refractivity contribution in [3.8, 4) is 11.1 Å². The second kappa shape index (κ2) is 9.96. The number of para-hydroxylation sites is 1. The third-order valence-corrected chi connectivity index (χ3v) is 7.03. The van der Waals surface area contributed by atoms with Crippen LogP contribution in [0.4, 0.5) is 20.2 Å². The summed E-state index contributed by atoms with van der Waals surface area (Å²) in [6.45, 7) is 2.12. The van der Waals surface area contributed by atoms with Gasteiger partial charge in [-0.1, -0.05) is 41.9 Å². The number of hydrogen-bond acceptors (Lipinski definition) is 5. The summed E-state index contributed by atoms with van der Waals surface area (Å²) in [7, 11) is 0. The Bertz CT molecular complexity index is 1700. The Morgan fingerprint density at radius 1 is 0.921 bits per heavy atom. The number of amides is 1. The second-order valence-corrected chi connectivity index (χ2v) is 9.25. The minimum absolute atomic E-state index is 0.0968. The van der Waals surface area contributed by atoms with Crippen LogP contribution in [0.1, 0.15) is 10.4 Å². The summed E-state index contributed by atoms with van der Waals surface area (Å²) in [5.74, 6) is -1.55. The molecule has 0 radical (unpaired) electrons. The maximum atomic E-state index is 15.2. The third-order valence-electron chi connectivity index (χ3n) is 6.65. The van der Waals surface area contributed by atoms with Crippen LogP contribution in [-0.2, 0) is 4.74 Å². The monoisotopic (exact) mass is 530 g/mol. The minimum atomic E-state index is -0.651. The summed E-state index contributed by atoms with van der Waals surface area (Å²) >= 11 is 6.25. The van der Waals surface area contributed by atoms with Gasteiger partial charge >= 0.3 is 0 Å². The molecule has 38 heavy (non-hydrogen) atoms. The first kappa shape index (κ1) is 24.2. The van der Waals surface area contributed by atoms with Crippen molar-refractivity contribution in [2.45, 2.75) is 0 Å². The lowest BCUT2D eigenvalue weighted by Gasteiger charge is -2.31. The van der Waals surface area contributed by atoms with E-state index in [2.05, 4.69) is 20.2 Å². The molecule has 5 aromatic rings. The van der Waals surface area contributed by atoms with Gasteiger partial charge in [0.15, 0.2) is 0 Å². The van der Waals surface area contributed by atoms with Crippen LogP contribution in [0.2, 0.25) is 5.02 Å². The highest BCUT2D eigenvalue weighted by molar-refractivity contribution is 6.34. The number of anilines is 2. The zero-order chi connectivity index (χ0) is 26.2. The number of carbonyl (C=O) groups excluding carboxylic acids is 1. The fourth-order valence-electron chi connectivity index (χ4n) is 4.88. The van der Waals surface area contributed by atoms with E-state index in [1.54, 1.807) is 24.4 Å². The smallest absolute Gasteiger partial charge is 0.256 e. The molecule has 2 aromatic heterocycles. The molecule has 0 spiro atoms. The average molecular weight is 531 g/mol. The number of nitrogens with one attached hydrogen (secondary N) is 1. The van der Waals surface area contributed by atoms with E-state index >= 15 is 4.39 Å². The van der Waals surface area contributed by atoms with Crippen molar-refractivity contribution in [1.82, 2.24) is 9.97 Å². The van der Waals surface area contributed by atoms with E-state index in [0.717, 1.165) is 5.39 Å². The highest BCUT2D eigenvalue weighted by Gasteiger charge is 2.24. The first-order valence-corrected chi connectivity index (χ1v) is 12.4. The lowest BCUT2D eigenvalue weighted by atomic mass is 9.99. The second-order valence-electron chi connectivity index (χ2n) is 8.87. The Balaban J connectivity index is 1.52. The Morgan fingerprint density at radius 2 is 1.74 bits per heavy atom. The predicted molar refractivity (Wildman–Crippen MR) is 145 cm³/mol. The molecule has 190 valence electrons. The van der Waals surface area contributed by atoms with Crippen molar-refractivity contribution in [2.24, 2.45) is 0 Å². The Morgan fingerprint density at radius 3 is 2.58 bits per heavy atom. The first-order chi connectivity index (χ1) is 18.5. The lowest BCUT2D eigenvalue weighted by Crippen LogP contribution is -2.37. The maximum absolute atomic E-state index is 15.2. The largest absolute Gasteiger partial charge is 0.378 e. The van der Waals surface area contributed by atoms with Crippen LogP contribution in [0.25, 0.3) is 32.9 Å². The molecular formula is C29H21ClF2N4O2. The summed E-state index contributed by atoms with van der Waals surface area (Å²) in [6.07, 6.45) is 3.10. The van der Waals surface area contributed by atoms with Crippen LogP contribution in [0, 0.1) is 11.6 Å². The molecule has 1 saturated heterocycles. The molecule has 0 aliphatic carbocycles. The number of nitrogens with zero attached hydrogens (tertiary/aromatic N) is 3. The number of aromatic nitrogens is 2. The van der Waals surface area contributed by atoms with Crippen LogP contribution in [-0.4, -0.2) is 42.2 Å². The number of ether oxygens (including phenoxy) is 1. The van der Waals surface area contributed by atoms with Gasteiger partial charge in [-0.05, 0) is 30.3 Å². The Hall–Kier alpha value is -4.14. The van der Waals surface area contributed by atoms with Crippen LogP contribution in [0.3, 0.4) is 0 Å². The number of hydrogen-bond donors (Lipinski definition) is 1. The van der Waals surface area contributed by atoms with Gasteiger partial charge in [0.05, 0.1) is 52.4 Å². The highest BCUT2D eigenvalue weighted by atomic mass is 35.5. The Labute approximate surface area is 221 Å². The van der Waals surface area contributed by atoms with E-state index < -0.39 is 11.6 Å². The molecule has 1 aliphatic rings. The third kappa shape index (κ3) is 4.21. The molecule has 9 heteroatoms. The highest BCUT2D eigenvalue weighted by Crippen LogP contribution is 2.41. The van der Waals surface area contributed by atoms with Gasteiger partial charge in [-0.25, -0.2) is 8.78 Å². The van der Waals surface area contributed by atoms with Gasteiger partial charge in [-0.2, -0.15) is 0 Å². The fourth-order valence-corrected chi connectivity index (χ4v) is 5.10. The zero-order valence-electron chi connectivity index (χ0n) is 20.0. The number of pyridine rings is 2. The quantitative estimate of drug-likeness (QED) is 0.288. The zero-order valence-corrected chi connectivity index (χ0v) is 20.8. The van der Waals surface area contributed by atoms with Gasteiger partial charge in [0, 0.05) is 41.2 Å². The van der Waals surface area contributed by atoms with Crippen molar-refractivity contribution < 1.29 is 18.3 Å². The molecule has 1 N–H and O–H groups in total. The van der Waals surface area contributed by atoms with E-state index in [-0.39, 0.29) is 22.1 Å².